The second-order valence-corrected chi connectivity index (χ2v) is 4.81. The monoisotopic (exact) mass is 244 g/mol. The number of nitrogens with zero attached hydrogens (tertiary/aromatic N) is 1. The quantitative estimate of drug-likeness (QED) is 0.727. The predicted molar refractivity (Wildman–Crippen MR) is 66.0 cm³/mol. The van der Waals surface area contributed by atoms with Gasteiger partial charge in [-0.1, -0.05) is 6.92 Å². The van der Waals surface area contributed by atoms with Crippen molar-refractivity contribution in [2.45, 2.75) is 32.4 Å². The molecule has 1 N–H and O–H groups in total. The van der Waals surface area contributed by atoms with E-state index in [2.05, 4.69) is 12.2 Å². The summed E-state index contributed by atoms with van der Waals surface area (Å²) in [6.45, 7) is 9.13. The highest BCUT2D eigenvalue weighted by Crippen LogP contribution is 2.15. The highest BCUT2D eigenvalue weighted by molar-refractivity contribution is 5.78. The van der Waals surface area contributed by atoms with Gasteiger partial charge in [0.05, 0.1) is 18.2 Å². The molecule has 1 unspecified atom stereocenters. The van der Waals surface area contributed by atoms with Crippen LogP contribution in [0.3, 0.4) is 0 Å². The first-order valence-electron chi connectivity index (χ1n) is 6.15. The molecule has 17 heavy (non-hydrogen) atoms. The maximum Gasteiger partial charge on any atom is 0.248 e. The van der Waals surface area contributed by atoms with E-state index in [-0.39, 0.29) is 24.2 Å². The van der Waals surface area contributed by atoms with Crippen molar-refractivity contribution in [1.29, 1.82) is 0 Å². The molecular formula is C12H24N2O3. The molecule has 0 radical (unpaired) electrons. The third kappa shape index (κ3) is 3.94. The molecule has 1 saturated heterocycles. The van der Waals surface area contributed by atoms with E-state index in [1.807, 2.05) is 18.7 Å². The average Bonchev–Trinajstić information content (AvgIpc) is 2.31. The first kappa shape index (κ1) is 14.4. The lowest BCUT2D eigenvalue weighted by Crippen LogP contribution is -2.57. The van der Waals surface area contributed by atoms with E-state index in [0.717, 1.165) is 6.54 Å². The Morgan fingerprint density at radius 1 is 1.59 bits per heavy atom. The number of carbonyl (C=O) groups is 1. The topological polar surface area (TPSA) is 50.8 Å². The zero-order valence-corrected chi connectivity index (χ0v) is 11.3. The molecule has 100 valence electrons. The molecule has 0 saturated carbocycles. The molecule has 1 aliphatic rings. The van der Waals surface area contributed by atoms with Crippen LogP contribution in [0.4, 0.5) is 0 Å². The molecule has 1 heterocycles. The molecule has 5 nitrogen and oxygen atoms in total. The van der Waals surface area contributed by atoms with Gasteiger partial charge in [0.2, 0.25) is 5.91 Å². The molecule has 0 aliphatic carbocycles. The number of hydrogen-bond donors (Lipinski definition) is 1. The van der Waals surface area contributed by atoms with Gasteiger partial charge in [-0.25, -0.2) is 0 Å². The number of likely N-dealkylation sites (N-methyl/N-ethyl adjacent to an activating group) is 1. The summed E-state index contributed by atoms with van der Waals surface area (Å²) in [5.74, 6) is 0.0612. The predicted octanol–water partition coefficient (Wildman–Crippen LogP) is 0.248. The van der Waals surface area contributed by atoms with Crippen molar-refractivity contribution in [1.82, 2.24) is 10.2 Å². The maximum atomic E-state index is 11.7. The van der Waals surface area contributed by atoms with Crippen LogP contribution >= 0.6 is 0 Å². The molecular weight excluding hydrogens is 220 g/mol. The van der Waals surface area contributed by atoms with Gasteiger partial charge < -0.3 is 19.7 Å². The van der Waals surface area contributed by atoms with Crippen molar-refractivity contribution in [2.24, 2.45) is 0 Å². The molecule has 1 atom stereocenters. The van der Waals surface area contributed by atoms with Gasteiger partial charge in [0.25, 0.3) is 0 Å². The third-order valence-electron chi connectivity index (χ3n) is 3.30. The van der Waals surface area contributed by atoms with Crippen LogP contribution in [0.15, 0.2) is 0 Å². The van der Waals surface area contributed by atoms with Gasteiger partial charge in [-0.15, -0.1) is 0 Å². The van der Waals surface area contributed by atoms with Gasteiger partial charge in [-0.2, -0.15) is 0 Å². The summed E-state index contributed by atoms with van der Waals surface area (Å²) in [5, 5.41) is 3.38. The highest BCUT2D eigenvalue weighted by Gasteiger charge is 2.32. The molecule has 1 amide bonds. The van der Waals surface area contributed by atoms with Crippen LogP contribution in [-0.4, -0.2) is 62.4 Å². The Hall–Kier alpha value is -0.650. The average molecular weight is 244 g/mol. The summed E-state index contributed by atoms with van der Waals surface area (Å²) < 4.78 is 10.6. The van der Waals surface area contributed by atoms with E-state index >= 15 is 0 Å². The van der Waals surface area contributed by atoms with Gasteiger partial charge in [-0.05, 0) is 20.4 Å². The smallest absolute Gasteiger partial charge is 0.248 e. The summed E-state index contributed by atoms with van der Waals surface area (Å²) in [4.78, 5) is 13.5. The fourth-order valence-corrected chi connectivity index (χ4v) is 1.88. The molecule has 1 aliphatic heterocycles. The fourth-order valence-electron chi connectivity index (χ4n) is 1.88. The van der Waals surface area contributed by atoms with Gasteiger partial charge in [-0.3, -0.25) is 4.79 Å². The van der Waals surface area contributed by atoms with E-state index in [9.17, 15) is 4.79 Å². The molecule has 0 aromatic heterocycles. The van der Waals surface area contributed by atoms with Crippen molar-refractivity contribution in [3.8, 4) is 0 Å². The number of rotatable bonds is 6. The zero-order chi connectivity index (χ0) is 12.9. The van der Waals surface area contributed by atoms with Crippen LogP contribution in [0.5, 0.6) is 0 Å². The minimum atomic E-state index is -0.297. The first-order valence-corrected chi connectivity index (χ1v) is 6.15. The Balaban J connectivity index is 2.62. The second kappa shape index (κ2) is 6.33. The summed E-state index contributed by atoms with van der Waals surface area (Å²) >= 11 is 0. The normalized spacial score (nSPS) is 19.5. The van der Waals surface area contributed by atoms with E-state index in [1.54, 1.807) is 7.11 Å². The Labute approximate surface area is 103 Å². The number of carbonyl (C=O) groups excluding carboxylic acids is 1. The van der Waals surface area contributed by atoms with Crippen molar-refractivity contribution in [3.63, 3.8) is 0 Å². The molecule has 1 fully saturated rings. The largest absolute Gasteiger partial charge is 0.377 e. The van der Waals surface area contributed by atoms with Crippen LogP contribution in [0.2, 0.25) is 0 Å². The van der Waals surface area contributed by atoms with Gasteiger partial charge in [0.1, 0.15) is 6.61 Å². The Kier molecular flexibility index (Phi) is 5.36. The first-order chi connectivity index (χ1) is 8.01. The van der Waals surface area contributed by atoms with Crippen LogP contribution < -0.4 is 5.32 Å². The van der Waals surface area contributed by atoms with Crippen LogP contribution in [0, 0.1) is 0 Å². The summed E-state index contributed by atoms with van der Waals surface area (Å²) in [7, 11) is 1.70. The molecule has 0 spiro atoms. The number of morpholine rings is 1. The van der Waals surface area contributed by atoms with E-state index in [1.165, 1.54) is 0 Å². The summed E-state index contributed by atoms with van der Waals surface area (Å²) in [5.41, 5.74) is -0.297. The zero-order valence-electron chi connectivity index (χ0n) is 11.3. The number of ether oxygens (including phenoxy) is 2. The highest BCUT2D eigenvalue weighted by atomic mass is 16.5. The Morgan fingerprint density at radius 3 is 2.82 bits per heavy atom. The number of hydrogen-bond acceptors (Lipinski definition) is 4. The second-order valence-electron chi connectivity index (χ2n) is 4.81. The standard InChI is InChI=1S/C12H24N2O3/c1-5-13-10(12(2,3)16-4)8-14-6-7-17-9-11(14)15/h10,13H,5-9H2,1-4H3. The van der Waals surface area contributed by atoms with Crippen molar-refractivity contribution in [2.75, 3.05) is 40.0 Å². The lowest BCUT2D eigenvalue weighted by molar-refractivity contribution is -0.144. The van der Waals surface area contributed by atoms with Crippen LogP contribution in [-0.2, 0) is 14.3 Å². The SMILES string of the molecule is CCNC(CN1CCOCC1=O)C(C)(C)OC. The van der Waals surface area contributed by atoms with Gasteiger partial charge in [0, 0.05) is 20.2 Å². The number of amides is 1. The lowest BCUT2D eigenvalue weighted by Gasteiger charge is -2.38. The van der Waals surface area contributed by atoms with E-state index < -0.39 is 0 Å². The summed E-state index contributed by atoms with van der Waals surface area (Å²) in [6.07, 6.45) is 0. The molecule has 0 bridgehead atoms. The van der Waals surface area contributed by atoms with Crippen LogP contribution in [0.1, 0.15) is 20.8 Å². The lowest BCUT2D eigenvalue weighted by atomic mass is 9.97. The minimum absolute atomic E-state index is 0.0612. The van der Waals surface area contributed by atoms with Crippen molar-refractivity contribution >= 4 is 5.91 Å². The molecule has 0 aromatic carbocycles. The third-order valence-corrected chi connectivity index (χ3v) is 3.30. The van der Waals surface area contributed by atoms with E-state index in [0.29, 0.717) is 19.7 Å². The Morgan fingerprint density at radius 2 is 2.29 bits per heavy atom. The molecule has 0 aromatic rings. The van der Waals surface area contributed by atoms with Crippen molar-refractivity contribution in [3.05, 3.63) is 0 Å². The van der Waals surface area contributed by atoms with Crippen molar-refractivity contribution < 1.29 is 14.3 Å². The summed E-state index contributed by atoms with van der Waals surface area (Å²) in [6, 6.07) is 0.125. The van der Waals surface area contributed by atoms with E-state index in [4.69, 9.17) is 9.47 Å². The maximum absolute atomic E-state index is 11.7. The number of nitrogens with one attached hydrogen (secondary N) is 1. The van der Waals surface area contributed by atoms with Gasteiger partial charge >= 0.3 is 0 Å². The van der Waals surface area contributed by atoms with Crippen LogP contribution in [0.25, 0.3) is 0 Å². The molecule has 5 heteroatoms. The molecule has 1 rings (SSSR count). The minimum Gasteiger partial charge on any atom is -0.377 e. The fraction of sp³-hybridized carbons (Fsp3) is 0.917. The Bertz CT molecular complexity index is 256. The number of methoxy groups -OCH3 is 1. The van der Waals surface area contributed by atoms with Gasteiger partial charge in [0.15, 0.2) is 0 Å².